The van der Waals surface area contributed by atoms with Gasteiger partial charge in [-0.05, 0) is 60.4 Å². The number of rotatable bonds is 6. The fourth-order valence-electron chi connectivity index (χ4n) is 5.11. The molecule has 0 spiro atoms. The van der Waals surface area contributed by atoms with Crippen molar-refractivity contribution in [1.82, 2.24) is 14.4 Å². The molecule has 2 aliphatic heterocycles. The summed E-state index contributed by atoms with van der Waals surface area (Å²) < 4.78 is 2.97. The topological polar surface area (TPSA) is 62.6 Å². The zero-order valence-corrected chi connectivity index (χ0v) is 23.3. The van der Waals surface area contributed by atoms with Gasteiger partial charge in [0, 0.05) is 34.7 Å². The maximum absolute atomic E-state index is 13.2. The number of hydrogen-bond acceptors (Lipinski definition) is 4. The van der Waals surface area contributed by atoms with E-state index in [0.717, 1.165) is 76.2 Å². The van der Waals surface area contributed by atoms with E-state index >= 15 is 0 Å². The average molecular weight is 581 g/mol. The molecule has 0 unspecified atom stereocenters. The molecule has 2 fully saturated rings. The van der Waals surface area contributed by atoms with E-state index in [1.807, 2.05) is 52.1 Å². The first-order valence-corrected chi connectivity index (χ1v) is 14.4. The number of thioether (sulfide) groups is 1. The van der Waals surface area contributed by atoms with Crippen molar-refractivity contribution in [2.24, 2.45) is 0 Å². The van der Waals surface area contributed by atoms with Gasteiger partial charge in [-0.15, -0.1) is 0 Å². The summed E-state index contributed by atoms with van der Waals surface area (Å²) in [7, 11) is 0. The summed E-state index contributed by atoms with van der Waals surface area (Å²) in [5, 5.41) is 0.719. The van der Waals surface area contributed by atoms with E-state index < -0.39 is 0 Å². The number of benzene rings is 2. The maximum atomic E-state index is 13.2. The van der Waals surface area contributed by atoms with Crippen LogP contribution in [0.3, 0.4) is 0 Å². The van der Waals surface area contributed by atoms with Crippen LogP contribution < -0.4 is 0 Å². The Morgan fingerprint density at radius 1 is 1.03 bits per heavy atom. The monoisotopic (exact) mass is 579 g/mol. The van der Waals surface area contributed by atoms with Crippen molar-refractivity contribution in [3.63, 3.8) is 0 Å². The molecule has 0 aliphatic carbocycles. The molecule has 3 amide bonds. The number of imide groups is 1. The van der Waals surface area contributed by atoms with E-state index in [0.29, 0.717) is 4.91 Å². The lowest BCUT2D eigenvalue weighted by Gasteiger charge is -2.21. The number of aryl methyl sites for hydroxylation is 1. The molecule has 2 aliphatic rings. The van der Waals surface area contributed by atoms with Gasteiger partial charge in [0.2, 0.25) is 5.91 Å². The lowest BCUT2D eigenvalue weighted by Crippen LogP contribution is -2.34. The van der Waals surface area contributed by atoms with E-state index in [9.17, 15) is 14.4 Å². The highest BCUT2D eigenvalue weighted by molar-refractivity contribution is 9.10. The second-order valence-electron chi connectivity index (χ2n) is 9.57. The molecule has 192 valence electrons. The zero-order valence-electron chi connectivity index (χ0n) is 20.9. The molecular formula is C29H30BrN3O3S. The fourth-order valence-corrected chi connectivity index (χ4v) is 6.20. The van der Waals surface area contributed by atoms with Crippen LogP contribution >= 0.6 is 27.7 Å². The van der Waals surface area contributed by atoms with Gasteiger partial charge in [0.15, 0.2) is 0 Å². The van der Waals surface area contributed by atoms with Crippen LogP contribution in [-0.2, 0) is 29.1 Å². The third-order valence-corrected chi connectivity index (χ3v) is 8.51. The number of carbonyl (C=O) groups is 3. The van der Waals surface area contributed by atoms with E-state index in [2.05, 4.69) is 28.9 Å². The molecule has 2 aromatic carbocycles. The van der Waals surface area contributed by atoms with Crippen LogP contribution in [0.4, 0.5) is 4.79 Å². The SMILES string of the molecule is CCc1cccc2c(/C=C3\SC(=O)N(Cc4ccc(Br)cc4)C3=O)cn(CC(=O)N3CCCCCC3)c12. The third-order valence-electron chi connectivity index (χ3n) is 7.07. The van der Waals surface area contributed by atoms with Crippen LogP contribution in [0.25, 0.3) is 17.0 Å². The summed E-state index contributed by atoms with van der Waals surface area (Å²) in [5.41, 5.74) is 3.92. The van der Waals surface area contributed by atoms with Crippen LogP contribution in [0.1, 0.15) is 49.3 Å². The molecule has 3 aromatic rings. The van der Waals surface area contributed by atoms with E-state index in [1.165, 1.54) is 17.7 Å². The minimum absolute atomic E-state index is 0.131. The largest absolute Gasteiger partial charge is 0.341 e. The van der Waals surface area contributed by atoms with Crippen LogP contribution in [0, 0.1) is 0 Å². The smallest absolute Gasteiger partial charge is 0.293 e. The van der Waals surface area contributed by atoms with Crippen molar-refractivity contribution in [2.45, 2.75) is 52.1 Å². The molecule has 6 nitrogen and oxygen atoms in total. The van der Waals surface area contributed by atoms with E-state index in [4.69, 9.17) is 0 Å². The summed E-state index contributed by atoms with van der Waals surface area (Å²) in [4.78, 5) is 42.9. The Hall–Kier alpha value is -2.84. The van der Waals surface area contributed by atoms with Gasteiger partial charge >= 0.3 is 0 Å². The average Bonchev–Trinajstić information content (AvgIpc) is 3.20. The molecular weight excluding hydrogens is 550 g/mol. The number of para-hydroxylation sites is 1. The normalized spacial score (nSPS) is 17.7. The fraction of sp³-hybridized carbons (Fsp3) is 0.345. The molecule has 3 heterocycles. The first-order valence-electron chi connectivity index (χ1n) is 12.8. The van der Waals surface area contributed by atoms with Gasteiger partial charge in [0.05, 0.1) is 17.0 Å². The van der Waals surface area contributed by atoms with Crippen molar-refractivity contribution in [3.05, 3.63) is 74.7 Å². The predicted molar refractivity (Wildman–Crippen MR) is 152 cm³/mol. The number of amides is 3. The number of halogens is 1. The van der Waals surface area contributed by atoms with Crippen LogP contribution in [-0.4, -0.2) is 44.5 Å². The molecule has 0 bridgehead atoms. The third kappa shape index (κ3) is 5.55. The molecule has 0 saturated carbocycles. The standard InChI is InChI=1S/C29H30BrN3O3S/c1-2-21-8-7-9-24-22(18-32(27(21)24)19-26(34)31-14-5-3-4-6-15-31)16-25-28(35)33(29(36)37-25)17-20-10-12-23(30)13-11-20/h7-13,16,18H,2-6,14-15,17,19H2,1H3/b25-16-. The molecule has 0 radical (unpaired) electrons. The zero-order chi connectivity index (χ0) is 25.9. The number of fused-ring (bicyclic) bond motifs is 1. The maximum Gasteiger partial charge on any atom is 0.293 e. The quantitative estimate of drug-likeness (QED) is 0.308. The highest BCUT2D eigenvalue weighted by Gasteiger charge is 2.35. The van der Waals surface area contributed by atoms with Crippen molar-refractivity contribution in [2.75, 3.05) is 13.1 Å². The van der Waals surface area contributed by atoms with Crippen molar-refractivity contribution in [1.29, 1.82) is 0 Å². The Kier molecular flexibility index (Phi) is 7.86. The second-order valence-corrected chi connectivity index (χ2v) is 11.5. The van der Waals surface area contributed by atoms with Crippen LogP contribution in [0.2, 0.25) is 0 Å². The highest BCUT2D eigenvalue weighted by Crippen LogP contribution is 2.36. The molecule has 37 heavy (non-hydrogen) atoms. The first-order chi connectivity index (χ1) is 17.9. The Balaban J connectivity index is 1.45. The van der Waals surface area contributed by atoms with Gasteiger partial charge in [-0.25, -0.2) is 0 Å². The Labute approximate surface area is 229 Å². The minimum Gasteiger partial charge on any atom is -0.341 e. The minimum atomic E-state index is -0.286. The summed E-state index contributed by atoms with van der Waals surface area (Å²) in [6.07, 6.45) is 9.07. The van der Waals surface area contributed by atoms with Gasteiger partial charge in [0.1, 0.15) is 6.54 Å². The van der Waals surface area contributed by atoms with Crippen LogP contribution in [0.5, 0.6) is 0 Å². The molecule has 0 N–H and O–H groups in total. The number of nitrogens with zero attached hydrogens (tertiary/aromatic N) is 3. The molecule has 5 rings (SSSR count). The van der Waals surface area contributed by atoms with E-state index in [-0.39, 0.29) is 30.1 Å². The van der Waals surface area contributed by atoms with Crippen molar-refractivity contribution >= 4 is 61.7 Å². The number of hydrogen-bond donors (Lipinski definition) is 0. The Bertz CT molecular complexity index is 1370. The molecule has 0 atom stereocenters. The lowest BCUT2D eigenvalue weighted by molar-refractivity contribution is -0.131. The van der Waals surface area contributed by atoms with Crippen molar-refractivity contribution in [3.8, 4) is 0 Å². The Morgan fingerprint density at radius 3 is 2.46 bits per heavy atom. The lowest BCUT2D eigenvalue weighted by atomic mass is 10.1. The van der Waals surface area contributed by atoms with Gasteiger partial charge in [0.25, 0.3) is 11.1 Å². The van der Waals surface area contributed by atoms with Gasteiger partial charge in [-0.3, -0.25) is 19.3 Å². The van der Waals surface area contributed by atoms with E-state index in [1.54, 1.807) is 6.08 Å². The molecule has 2 saturated heterocycles. The van der Waals surface area contributed by atoms with Crippen molar-refractivity contribution < 1.29 is 14.4 Å². The number of carbonyl (C=O) groups excluding carboxylic acids is 3. The molecule has 8 heteroatoms. The van der Waals surface area contributed by atoms with Gasteiger partial charge in [-0.2, -0.15) is 0 Å². The summed E-state index contributed by atoms with van der Waals surface area (Å²) in [5.74, 6) is -0.155. The number of aromatic nitrogens is 1. The highest BCUT2D eigenvalue weighted by atomic mass is 79.9. The summed E-state index contributed by atoms with van der Waals surface area (Å²) >= 11 is 4.39. The van der Waals surface area contributed by atoms with Crippen LogP contribution in [0.15, 0.2) is 58.0 Å². The Morgan fingerprint density at radius 2 is 1.76 bits per heavy atom. The first kappa shape index (κ1) is 25.8. The summed E-state index contributed by atoms with van der Waals surface area (Å²) in [6.45, 7) is 4.25. The second kappa shape index (κ2) is 11.3. The summed E-state index contributed by atoms with van der Waals surface area (Å²) in [6, 6.07) is 13.7. The predicted octanol–water partition coefficient (Wildman–Crippen LogP) is 6.61. The molecule has 1 aromatic heterocycles. The van der Waals surface area contributed by atoms with Gasteiger partial charge < -0.3 is 9.47 Å². The number of likely N-dealkylation sites (tertiary alicyclic amines) is 1. The van der Waals surface area contributed by atoms with Gasteiger partial charge in [-0.1, -0.05) is 66.0 Å².